The van der Waals surface area contributed by atoms with Gasteiger partial charge in [-0.1, -0.05) is 13.8 Å². The van der Waals surface area contributed by atoms with Gasteiger partial charge in [0.1, 0.15) is 6.04 Å². The molecule has 2 N–H and O–H groups in total. The maximum atomic E-state index is 11.3. The van der Waals surface area contributed by atoms with Crippen LogP contribution < -0.4 is 5.32 Å². The van der Waals surface area contributed by atoms with Crippen LogP contribution in [0.5, 0.6) is 0 Å². The van der Waals surface area contributed by atoms with Crippen molar-refractivity contribution in [2.75, 3.05) is 6.54 Å². The molecule has 1 aliphatic heterocycles. The molecule has 3 heteroatoms. The van der Waals surface area contributed by atoms with Crippen molar-refractivity contribution in [3.63, 3.8) is 0 Å². The third kappa shape index (κ3) is 1.41. The quantitative estimate of drug-likeness (QED) is 0.768. The van der Waals surface area contributed by atoms with Gasteiger partial charge in [-0.25, -0.2) is 0 Å². The second-order valence-electron chi connectivity index (χ2n) is 6.66. The number of rotatable bonds is 3. The Morgan fingerprint density at radius 3 is 2.19 bits per heavy atom. The summed E-state index contributed by atoms with van der Waals surface area (Å²) in [4.78, 5) is 11.3. The van der Waals surface area contributed by atoms with Crippen LogP contribution in [0, 0.1) is 22.7 Å². The van der Waals surface area contributed by atoms with Crippen LogP contribution >= 0.6 is 0 Å². The maximum Gasteiger partial charge on any atom is 0.321 e. The average Bonchev–Trinajstić information content (AvgIpc) is 3.09. The van der Waals surface area contributed by atoms with Gasteiger partial charge in [-0.3, -0.25) is 4.79 Å². The van der Waals surface area contributed by atoms with E-state index in [2.05, 4.69) is 19.2 Å². The monoisotopic (exact) mass is 223 g/mol. The van der Waals surface area contributed by atoms with Crippen molar-refractivity contribution in [3.05, 3.63) is 0 Å². The molecule has 0 amide bonds. The third-order valence-corrected chi connectivity index (χ3v) is 5.39. The molecule has 1 heterocycles. The van der Waals surface area contributed by atoms with Crippen molar-refractivity contribution in [2.45, 2.75) is 45.6 Å². The molecule has 0 bridgehead atoms. The summed E-state index contributed by atoms with van der Waals surface area (Å²) in [6.07, 6.45) is 5.02. The van der Waals surface area contributed by atoms with Gasteiger partial charge < -0.3 is 10.4 Å². The minimum atomic E-state index is -0.648. The van der Waals surface area contributed by atoms with Gasteiger partial charge in [0.05, 0.1) is 0 Å². The number of hydrogen-bond donors (Lipinski definition) is 2. The Balaban J connectivity index is 1.87. The van der Waals surface area contributed by atoms with Gasteiger partial charge in [0, 0.05) is 0 Å². The van der Waals surface area contributed by atoms with Gasteiger partial charge in [0.25, 0.3) is 0 Å². The molecule has 3 nitrogen and oxygen atoms in total. The van der Waals surface area contributed by atoms with Gasteiger partial charge in [-0.2, -0.15) is 0 Å². The topological polar surface area (TPSA) is 49.3 Å². The van der Waals surface area contributed by atoms with Crippen molar-refractivity contribution >= 4 is 5.97 Å². The van der Waals surface area contributed by atoms with Crippen molar-refractivity contribution in [3.8, 4) is 0 Å². The SMILES string of the molecule is CC1(C2CNC(C(=O)O)C2C2(C)CC2)CC1. The summed E-state index contributed by atoms with van der Waals surface area (Å²) in [5.41, 5.74) is 0.746. The van der Waals surface area contributed by atoms with Gasteiger partial charge in [-0.15, -0.1) is 0 Å². The van der Waals surface area contributed by atoms with Crippen molar-refractivity contribution < 1.29 is 9.90 Å². The van der Waals surface area contributed by atoms with Gasteiger partial charge in [0.15, 0.2) is 0 Å². The van der Waals surface area contributed by atoms with Crippen LogP contribution in [-0.2, 0) is 4.79 Å². The van der Waals surface area contributed by atoms with Crippen molar-refractivity contribution in [2.24, 2.45) is 22.7 Å². The first-order valence-corrected chi connectivity index (χ1v) is 6.43. The zero-order chi connectivity index (χ0) is 11.6. The highest BCUT2D eigenvalue weighted by Crippen LogP contribution is 2.64. The first kappa shape index (κ1) is 10.6. The summed E-state index contributed by atoms with van der Waals surface area (Å²) < 4.78 is 0. The Kier molecular flexibility index (Phi) is 1.99. The molecule has 2 saturated carbocycles. The second-order valence-corrected chi connectivity index (χ2v) is 6.66. The summed E-state index contributed by atoms with van der Waals surface area (Å²) in [5.74, 6) is 0.295. The Morgan fingerprint density at radius 2 is 1.75 bits per heavy atom. The van der Waals surface area contributed by atoms with E-state index in [0.29, 0.717) is 22.7 Å². The van der Waals surface area contributed by atoms with E-state index in [1.54, 1.807) is 0 Å². The van der Waals surface area contributed by atoms with Crippen molar-refractivity contribution in [1.82, 2.24) is 5.32 Å². The highest BCUT2D eigenvalue weighted by Gasteiger charge is 2.61. The maximum absolute atomic E-state index is 11.3. The first-order valence-electron chi connectivity index (χ1n) is 6.43. The van der Waals surface area contributed by atoms with Crippen LogP contribution in [0.15, 0.2) is 0 Å². The lowest BCUT2D eigenvalue weighted by Crippen LogP contribution is -2.40. The summed E-state index contributed by atoms with van der Waals surface area (Å²) in [6.45, 7) is 5.52. The smallest absolute Gasteiger partial charge is 0.321 e. The fourth-order valence-electron chi connectivity index (χ4n) is 3.65. The molecule has 1 saturated heterocycles. The van der Waals surface area contributed by atoms with E-state index in [1.807, 2.05) is 0 Å². The molecule has 3 unspecified atom stereocenters. The summed E-state index contributed by atoms with van der Waals surface area (Å²) >= 11 is 0. The van der Waals surface area contributed by atoms with E-state index in [1.165, 1.54) is 25.7 Å². The number of carbonyl (C=O) groups is 1. The molecule has 3 atom stereocenters. The number of carboxylic acid groups (broad SMARTS) is 1. The van der Waals surface area contributed by atoms with Crippen LogP contribution in [0.3, 0.4) is 0 Å². The molecule has 3 fully saturated rings. The highest BCUT2D eigenvalue weighted by atomic mass is 16.4. The molecule has 0 aromatic rings. The predicted molar refractivity (Wildman–Crippen MR) is 61.1 cm³/mol. The Labute approximate surface area is 96.6 Å². The Hall–Kier alpha value is -0.570. The highest BCUT2D eigenvalue weighted by molar-refractivity contribution is 5.74. The Morgan fingerprint density at radius 1 is 1.19 bits per heavy atom. The van der Waals surface area contributed by atoms with Crippen molar-refractivity contribution in [1.29, 1.82) is 0 Å². The predicted octanol–water partition coefficient (Wildman–Crippen LogP) is 1.88. The molecule has 90 valence electrons. The number of nitrogens with one attached hydrogen (secondary N) is 1. The van der Waals surface area contributed by atoms with E-state index in [4.69, 9.17) is 0 Å². The summed E-state index contributed by atoms with van der Waals surface area (Å²) in [5, 5.41) is 12.6. The van der Waals surface area contributed by atoms with E-state index in [-0.39, 0.29) is 6.04 Å². The van der Waals surface area contributed by atoms with E-state index in [9.17, 15) is 9.90 Å². The van der Waals surface area contributed by atoms with Crippen LogP contribution in [0.1, 0.15) is 39.5 Å². The van der Waals surface area contributed by atoms with Gasteiger partial charge in [-0.05, 0) is 54.9 Å². The lowest BCUT2D eigenvalue weighted by Gasteiger charge is -2.31. The van der Waals surface area contributed by atoms with Crippen LogP contribution in [0.4, 0.5) is 0 Å². The summed E-state index contributed by atoms with van der Waals surface area (Å²) in [6, 6.07) is -0.296. The molecule has 0 spiro atoms. The Bertz CT molecular complexity index is 331. The minimum absolute atomic E-state index is 0.296. The largest absolute Gasteiger partial charge is 0.480 e. The fourth-order valence-corrected chi connectivity index (χ4v) is 3.65. The number of hydrogen-bond acceptors (Lipinski definition) is 2. The number of carboxylic acids is 1. The normalized spacial score (nSPS) is 43.0. The molecule has 3 rings (SSSR count). The molecule has 0 radical (unpaired) electrons. The minimum Gasteiger partial charge on any atom is -0.480 e. The average molecular weight is 223 g/mol. The standard InChI is InChI=1S/C13H21NO2/c1-12(3-4-12)8-7-14-10(11(15)16)9(8)13(2)5-6-13/h8-10,14H,3-7H2,1-2H3,(H,15,16). The van der Waals surface area contributed by atoms with Crippen LogP contribution in [0.25, 0.3) is 0 Å². The first-order chi connectivity index (χ1) is 7.46. The fraction of sp³-hybridized carbons (Fsp3) is 0.923. The van der Waals surface area contributed by atoms with Crippen LogP contribution in [0.2, 0.25) is 0 Å². The molecule has 16 heavy (non-hydrogen) atoms. The molecular formula is C13H21NO2. The third-order valence-electron chi connectivity index (χ3n) is 5.39. The lowest BCUT2D eigenvalue weighted by molar-refractivity contribution is -0.141. The summed E-state index contributed by atoms with van der Waals surface area (Å²) in [7, 11) is 0. The van der Waals surface area contributed by atoms with E-state index in [0.717, 1.165) is 6.54 Å². The van der Waals surface area contributed by atoms with Gasteiger partial charge >= 0.3 is 5.97 Å². The molecular weight excluding hydrogens is 202 g/mol. The zero-order valence-electron chi connectivity index (χ0n) is 10.1. The zero-order valence-corrected chi connectivity index (χ0v) is 10.1. The lowest BCUT2D eigenvalue weighted by atomic mass is 9.72. The van der Waals surface area contributed by atoms with E-state index >= 15 is 0 Å². The molecule has 3 aliphatic rings. The van der Waals surface area contributed by atoms with E-state index < -0.39 is 5.97 Å². The molecule has 0 aromatic carbocycles. The molecule has 0 aromatic heterocycles. The van der Waals surface area contributed by atoms with Crippen LogP contribution in [-0.4, -0.2) is 23.7 Å². The number of aliphatic carboxylic acids is 1. The molecule has 2 aliphatic carbocycles. The second kappa shape index (κ2) is 3.00. The van der Waals surface area contributed by atoms with Gasteiger partial charge in [0.2, 0.25) is 0 Å².